The maximum atomic E-state index is 13.0. The molecule has 7 heteroatoms. The van der Waals surface area contributed by atoms with Crippen molar-refractivity contribution in [2.75, 3.05) is 12.8 Å². The van der Waals surface area contributed by atoms with Gasteiger partial charge in [-0.1, -0.05) is 6.07 Å². The van der Waals surface area contributed by atoms with Crippen LogP contribution in [0.2, 0.25) is 0 Å². The Morgan fingerprint density at radius 3 is 2.65 bits per heavy atom. The molecule has 108 valence electrons. The molecule has 0 saturated heterocycles. The van der Waals surface area contributed by atoms with Gasteiger partial charge in [0, 0.05) is 24.2 Å². The normalized spacial score (nSPS) is 12.1. The number of nitrogen functional groups attached to an aromatic ring is 1. The molecule has 2 rings (SSSR count). The standard InChI is InChI=1S/C13H14F3N3S/c1-19(6-11-7-20-8-18-11)5-9-2-3-10(17)4-12(9)13(14,15)16/h2-4,7-8H,5-6,17H2,1H3. The summed E-state index contributed by atoms with van der Waals surface area (Å²) in [5, 5.41) is 1.88. The van der Waals surface area contributed by atoms with Gasteiger partial charge in [0.15, 0.2) is 0 Å². The second-order valence-corrected chi connectivity index (χ2v) is 5.29. The van der Waals surface area contributed by atoms with Crippen molar-refractivity contribution in [1.82, 2.24) is 9.88 Å². The van der Waals surface area contributed by atoms with Crippen LogP contribution in [0, 0.1) is 0 Å². The van der Waals surface area contributed by atoms with Crippen LogP contribution in [0.15, 0.2) is 29.1 Å². The van der Waals surface area contributed by atoms with Crippen LogP contribution in [-0.2, 0) is 19.3 Å². The van der Waals surface area contributed by atoms with E-state index in [-0.39, 0.29) is 17.8 Å². The van der Waals surface area contributed by atoms with Gasteiger partial charge in [-0.05, 0) is 24.7 Å². The van der Waals surface area contributed by atoms with Crippen LogP contribution < -0.4 is 5.73 Å². The fourth-order valence-corrected chi connectivity index (χ4v) is 2.48. The van der Waals surface area contributed by atoms with Crippen LogP contribution >= 0.6 is 11.3 Å². The van der Waals surface area contributed by atoms with E-state index in [1.807, 2.05) is 5.38 Å². The Morgan fingerprint density at radius 1 is 1.30 bits per heavy atom. The lowest BCUT2D eigenvalue weighted by molar-refractivity contribution is -0.138. The smallest absolute Gasteiger partial charge is 0.399 e. The zero-order valence-electron chi connectivity index (χ0n) is 10.8. The average molecular weight is 301 g/mol. The summed E-state index contributed by atoms with van der Waals surface area (Å²) in [7, 11) is 1.76. The number of hydrogen-bond donors (Lipinski definition) is 1. The Labute approximate surface area is 118 Å². The zero-order valence-corrected chi connectivity index (χ0v) is 11.6. The highest BCUT2D eigenvalue weighted by Gasteiger charge is 2.33. The van der Waals surface area contributed by atoms with E-state index >= 15 is 0 Å². The lowest BCUT2D eigenvalue weighted by atomic mass is 10.1. The number of nitrogens with two attached hydrogens (primary N) is 1. The Bertz CT molecular complexity index is 567. The van der Waals surface area contributed by atoms with Gasteiger partial charge in [0.05, 0.1) is 16.8 Å². The van der Waals surface area contributed by atoms with Crippen molar-refractivity contribution in [3.05, 3.63) is 45.9 Å². The summed E-state index contributed by atoms with van der Waals surface area (Å²) in [4.78, 5) is 5.91. The third-order valence-electron chi connectivity index (χ3n) is 2.79. The first kappa shape index (κ1) is 14.8. The van der Waals surface area contributed by atoms with E-state index in [1.165, 1.54) is 23.5 Å². The highest BCUT2D eigenvalue weighted by Crippen LogP contribution is 2.33. The molecule has 0 atom stereocenters. The lowest BCUT2D eigenvalue weighted by Gasteiger charge is -2.19. The number of hydrogen-bond acceptors (Lipinski definition) is 4. The van der Waals surface area contributed by atoms with Crippen LogP contribution in [0.1, 0.15) is 16.8 Å². The molecule has 0 unspecified atom stereocenters. The van der Waals surface area contributed by atoms with E-state index in [9.17, 15) is 13.2 Å². The third-order valence-corrected chi connectivity index (χ3v) is 3.43. The molecule has 1 aromatic carbocycles. The maximum absolute atomic E-state index is 13.0. The van der Waals surface area contributed by atoms with E-state index in [4.69, 9.17) is 5.73 Å². The first-order chi connectivity index (χ1) is 9.36. The van der Waals surface area contributed by atoms with Gasteiger partial charge in [-0.25, -0.2) is 4.98 Å². The Morgan fingerprint density at radius 2 is 2.05 bits per heavy atom. The van der Waals surface area contributed by atoms with Crippen LogP contribution in [0.25, 0.3) is 0 Å². The Kier molecular flexibility index (Phi) is 4.29. The van der Waals surface area contributed by atoms with Crippen molar-refractivity contribution in [2.24, 2.45) is 0 Å². The monoisotopic (exact) mass is 301 g/mol. The molecule has 2 N–H and O–H groups in total. The number of halogens is 3. The van der Waals surface area contributed by atoms with E-state index in [2.05, 4.69) is 4.98 Å². The number of rotatable bonds is 4. The van der Waals surface area contributed by atoms with Crippen molar-refractivity contribution in [2.45, 2.75) is 19.3 Å². The van der Waals surface area contributed by atoms with E-state index < -0.39 is 11.7 Å². The van der Waals surface area contributed by atoms with E-state index in [0.717, 1.165) is 11.8 Å². The summed E-state index contributed by atoms with van der Waals surface area (Å²) in [6.07, 6.45) is -4.40. The summed E-state index contributed by atoms with van der Waals surface area (Å²) < 4.78 is 38.9. The number of nitrogens with zero attached hydrogens (tertiary/aromatic N) is 2. The molecule has 0 saturated carbocycles. The Balaban J connectivity index is 2.16. The van der Waals surface area contributed by atoms with Gasteiger partial charge in [0.2, 0.25) is 0 Å². The number of thiazole rings is 1. The molecule has 0 amide bonds. The summed E-state index contributed by atoms with van der Waals surface area (Å²) >= 11 is 1.46. The van der Waals surface area contributed by atoms with Gasteiger partial charge in [-0.15, -0.1) is 11.3 Å². The van der Waals surface area contributed by atoms with Crippen molar-refractivity contribution >= 4 is 17.0 Å². The Hall–Kier alpha value is -1.60. The van der Waals surface area contributed by atoms with Gasteiger partial charge in [0.1, 0.15) is 0 Å². The molecule has 0 aliphatic carbocycles. The number of benzene rings is 1. The third kappa shape index (κ3) is 3.71. The molecule has 1 aromatic heterocycles. The molecule has 0 bridgehead atoms. The highest BCUT2D eigenvalue weighted by atomic mass is 32.1. The van der Waals surface area contributed by atoms with Gasteiger partial charge < -0.3 is 5.73 Å². The summed E-state index contributed by atoms with van der Waals surface area (Å²) in [5.41, 5.74) is 7.64. The topological polar surface area (TPSA) is 42.2 Å². The molecule has 20 heavy (non-hydrogen) atoms. The quantitative estimate of drug-likeness (QED) is 0.880. The summed E-state index contributed by atoms with van der Waals surface area (Å²) in [6, 6.07) is 3.89. The molecule has 0 aliphatic rings. The predicted molar refractivity (Wildman–Crippen MR) is 73.1 cm³/mol. The van der Waals surface area contributed by atoms with Crippen LogP contribution in [-0.4, -0.2) is 16.9 Å². The minimum Gasteiger partial charge on any atom is -0.399 e. The van der Waals surface area contributed by atoms with Crippen LogP contribution in [0.5, 0.6) is 0 Å². The molecule has 0 radical (unpaired) electrons. The highest BCUT2D eigenvalue weighted by molar-refractivity contribution is 7.07. The van der Waals surface area contributed by atoms with Crippen molar-refractivity contribution in [1.29, 1.82) is 0 Å². The van der Waals surface area contributed by atoms with Crippen LogP contribution in [0.4, 0.5) is 18.9 Å². The minimum absolute atomic E-state index is 0.114. The lowest BCUT2D eigenvalue weighted by Crippen LogP contribution is -2.20. The SMILES string of the molecule is CN(Cc1cscn1)Cc1ccc(N)cc1C(F)(F)F. The van der Waals surface area contributed by atoms with Crippen molar-refractivity contribution in [3.8, 4) is 0 Å². The van der Waals surface area contributed by atoms with Gasteiger partial charge in [-0.2, -0.15) is 13.2 Å². The second-order valence-electron chi connectivity index (χ2n) is 4.57. The fourth-order valence-electron chi connectivity index (χ4n) is 1.93. The van der Waals surface area contributed by atoms with Gasteiger partial charge in [0.25, 0.3) is 0 Å². The van der Waals surface area contributed by atoms with E-state index in [1.54, 1.807) is 17.5 Å². The minimum atomic E-state index is -4.40. The summed E-state index contributed by atoms with van der Waals surface area (Å²) in [5.74, 6) is 0. The number of anilines is 1. The van der Waals surface area contributed by atoms with E-state index in [0.29, 0.717) is 6.54 Å². The van der Waals surface area contributed by atoms with Gasteiger partial charge in [-0.3, -0.25) is 4.90 Å². The predicted octanol–water partition coefficient (Wildman–Crippen LogP) is 3.38. The largest absolute Gasteiger partial charge is 0.416 e. The van der Waals surface area contributed by atoms with Crippen molar-refractivity contribution < 1.29 is 13.2 Å². The number of alkyl halides is 3. The molecule has 0 aliphatic heterocycles. The molecule has 3 nitrogen and oxygen atoms in total. The van der Waals surface area contributed by atoms with Crippen molar-refractivity contribution in [3.63, 3.8) is 0 Å². The zero-order chi connectivity index (χ0) is 14.8. The van der Waals surface area contributed by atoms with Crippen LogP contribution in [0.3, 0.4) is 0 Å². The molecular weight excluding hydrogens is 287 g/mol. The molecule has 1 heterocycles. The number of aromatic nitrogens is 1. The van der Waals surface area contributed by atoms with Gasteiger partial charge >= 0.3 is 6.18 Å². The molecule has 0 fully saturated rings. The maximum Gasteiger partial charge on any atom is 0.416 e. The average Bonchev–Trinajstić information content (AvgIpc) is 2.82. The molecule has 2 aromatic rings. The second kappa shape index (κ2) is 5.80. The molecule has 0 spiro atoms. The molecular formula is C13H14F3N3S. The fraction of sp³-hybridized carbons (Fsp3) is 0.308. The summed E-state index contributed by atoms with van der Waals surface area (Å²) in [6.45, 7) is 0.692. The first-order valence-corrected chi connectivity index (χ1v) is 6.82. The first-order valence-electron chi connectivity index (χ1n) is 5.87.